The monoisotopic (exact) mass is 232 g/mol. The molecule has 0 bridgehead atoms. The van der Waals surface area contributed by atoms with Crippen molar-refractivity contribution in [1.29, 1.82) is 0 Å². The maximum atomic E-state index is 6.02. The molecule has 0 saturated heterocycles. The molecule has 0 rings (SSSR count). The van der Waals surface area contributed by atoms with Crippen LogP contribution in [0.3, 0.4) is 0 Å². The van der Waals surface area contributed by atoms with E-state index in [9.17, 15) is 0 Å². The number of thioether (sulfide) groups is 1. The van der Waals surface area contributed by atoms with Gasteiger partial charge >= 0.3 is 0 Å². The van der Waals surface area contributed by atoms with Crippen LogP contribution in [0.2, 0.25) is 19.6 Å². The summed E-state index contributed by atoms with van der Waals surface area (Å²) in [5.74, 6) is 1.08. The van der Waals surface area contributed by atoms with Gasteiger partial charge in [0.25, 0.3) is 0 Å². The molecule has 0 aromatic heterocycles. The van der Waals surface area contributed by atoms with E-state index in [0.717, 1.165) is 10.8 Å². The van der Waals surface area contributed by atoms with Gasteiger partial charge in [0.1, 0.15) is 5.09 Å². The molecule has 3 heteroatoms. The van der Waals surface area contributed by atoms with Crippen LogP contribution in [-0.2, 0) is 4.43 Å². The molecule has 84 valence electrons. The topological polar surface area (TPSA) is 9.23 Å². The maximum absolute atomic E-state index is 6.02. The van der Waals surface area contributed by atoms with Gasteiger partial charge in [0.05, 0.1) is 0 Å². The van der Waals surface area contributed by atoms with Gasteiger partial charge in [-0.15, -0.1) is 0 Å². The third kappa shape index (κ3) is 8.69. The van der Waals surface area contributed by atoms with E-state index in [4.69, 9.17) is 4.43 Å². The summed E-state index contributed by atoms with van der Waals surface area (Å²) in [4.78, 5) is 0. The highest BCUT2D eigenvalue weighted by atomic mass is 32.2. The minimum Gasteiger partial charge on any atom is -0.540 e. The van der Waals surface area contributed by atoms with E-state index in [1.807, 2.05) is 0 Å². The van der Waals surface area contributed by atoms with Crippen molar-refractivity contribution in [2.24, 2.45) is 5.41 Å². The fraction of sp³-hybridized carbons (Fsp3) is 0.818. The van der Waals surface area contributed by atoms with Crippen LogP contribution in [0.1, 0.15) is 27.7 Å². The molecule has 1 nitrogen and oxygen atoms in total. The van der Waals surface area contributed by atoms with E-state index in [1.54, 1.807) is 11.8 Å². The molecule has 0 aliphatic rings. The molecule has 14 heavy (non-hydrogen) atoms. The molecular formula is C11H24OSSi. The maximum Gasteiger partial charge on any atom is 0.242 e. The minimum atomic E-state index is -1.45. The van der Waals surface area contributed by atoms with E-state index in [-0.39, 0.29) is 5.41 Å². The number of hydrogen-bond donors (Lipinski definition) is 0. The van der Waals surface area contributed by atoms with Crippen LogP contribution in [0.5, 0.6) is 0 Å². The molecule has 0 spiro atoms. The molecule has 0 aliphatic heterocycles. The number of hydrogen-bond acceptors (Lipinski definition) is 2. The van der Waals surface area contributed by atoms with Crippen molar-refractivity contribution in [3.05, 3.63) is 11.2 Å². The first-order chi connectivity index (χ1) is 6.14. The van der Waals surface area contributed by atoms with E-state index < -0.39 is 8.32 Å². The predicted molar refractivity (Wildman–Crippen MR) is 70.1 cm³/mol. The van der Waals surface area contributed by atoms with Crippen molar-refractivity contribution in [1.82, 2.24) is 0 Å². The predicted octanol–water partition coefficient (Wildman–Crippen LogP) is 4.48. The Morgan fingerprint density at radius 2 is 1.79 bits per heavy atom. The molecule has 0 aromatic carbocycles. The zero-order valence-corrected chi connectivity index (χ0v) is 12.4. The lowest BCUT2D eigenvalue weighted by Gasteiger charge is -2.23. The van der Waals surface area contributed by atoms with Crippen LogP contribution in [0.4, 0.5) is 0 Å². The molecule has 0 amide bonds. The first kappa shape index (κ1) is 14.1. The lowest BCUT2D eigenvalue weighted by molar-refractivity contribution is 0.439. The van der Waals surface area contributed by atoms with Gasteiger partial charge in [0, 0.05) is 0 Å². The Labute approximate surface area is 94.4 Å². The second-order valence-electron chi connectivity index (χ2n) is 5.48. The molecule has 0 radical (unpaired) electrons. The fourth-order valence-electron chi connectivity index (χ4n) is 0.898. The summed E-state index contributed by atoms with van der Waals surface area (Å²) >= 11 is 1.80. The van der Waals surface area contributed by atoms with Crippen LogP contribution in [0.25, 0.3) is 0 Å². The Morgan fingerprint density at radius 3 is 2.07 bits per heavy atom. The molecule has 0 N–H and O–H groups in total. The van der Waals surface area contributed by atoms with Gasteiger partial charge in [-0.25, -0.2) is 0 Å². The lowest BCUT2D eigenvalue weighted by Crippen LogP contribution is -2.24. The average molecular weight is 232 g/mol. The normalized spacial score (nSPS) is 14.4. The summed E-state index contributed by atoms with van der Waals surface area (Å²) < 4.78 is 6.02. The van der Waals surface area contributed by atoms with E-state index in [2.05, 4.69) is 53.4 Å². The minimum absolute atomic E-state index is 0.206. The molecule has 0 saturated carbocycles. The summed E-state index contributed by atoms with van der Waals surface area (Å²) in [5, 5.41) is 1.11. The molecule has 0 aromatic rings. The quantitative estimate of drug-likeness (QED) is 0.522. The van der Waals surface area contributed by atoms with Gasteiger partial charge in [-0.2, -0.15) is 0 Å². The van der Waals surface area contributed by atoms with Gasteiger partial charge in [0.15, 0.2) is 0 Å². The second-order valence-corrected chi connectivity index (χ2v) is 11.2. The number of rotatable bonds is 4. The Morgan fingerprint density at radius 1 is 1.29 bits per heavy atom. The van der Waals surface area contributed by atoms with Crippen LogP contribution >= 0.6 is 11.8 Å². The van der Waals surface area contributed by atoms with Gasteiger partial charge in [0.2, 0.25) is 8.32 Å². The van der Waals surface area contributed by atoms with Gasteiger partial charge in [-0.1, -0.05) is 39.5 Å². The smallest absolute Gasteiger partial charge is 0.242 e. The van der Waals surface area contributed by atoms with Crippen LogP contribution in [0, 0.1) is 5.41 Å². The Hall–Kier alpha value is 0.107. The van der Waals surface area contributed by atoms with Crippen molar-refractivity contribution in [2.75, 3.05) is 5.75 Å². The molecule has 0 atom stereocenters. The van der Waals surface area contributed by atoms with Crippen molar-refractivity contribution in [2.45, 2.75) is 47.3 Å². The van der Waals surface area contributed by atoms with Crippen molar-refractivity contribution < 1.29 is 4.43 Å². The van der Waals surface area contributed by atoms with Crippen molar-refractivity contribution in [3.63, 3.8) is 0 Å². The first-order valence-electron chi connectivity index (χ1n) is 5.19. The van der Waals surface area contributed by atoms with E-state index in [0.29, 0.717) is 0 Å². The highest BCUT2D eigenvalue weighted by Gasteiger charge is 2.19. The molecule has 0 fully saturated rings. The summed E-state index contributed by atoms with van der Waals surface area (Å²) in [7, 11) is -1.45. The SMILES string of the molecule is CCS/C(=C\C(C)(C)C)O[Si](C)(C)C. The third-order valence-corrected chi connectivity index (χ3v) is 3.00. The summed E-state index contributed by atoms with van der Waals surface area (Å²) in [6.07, 6.45) is 2.24. The second kappa shape index (κ2) is 5.26. The first-order valence-corrected chi connectivity index (χ1v) is 9.58. The Balaban J connectivity index is 4.53. The van der Waals surface area contributed by atoms with Crippen molar-refractivity contribution >= 4 is 20.1 Å². The largest absolute Gasteiger partial charge is 0.540 e. The number of allylic oxidation sites excluding steroid dienone is 1. The Kier molecular flexibility index (Phi) is 5.30. The molecule has 0 unspecified atom stereocenters. The van der Waals surface area contributed by atoms with Crippen LogP contribution < -0.4 is 0 Å². The fourth-order valence-corrected chi connectivity index (χ4v) is 3.27. The summed E-state index contributed by atoms with van der Waals surface area (Å²) in [5.41, 5.74) is 0.206. The van der Waals surface area contributed by atoms with Gasteiger partial charge in [-0.05, 0) is 36.9 Å². The molecule has 0 aliphatic carbocycles. The third-order valence-electron chi connectivity index (χ3n) is 1.24. The zero-order chi connectivity index (χ0) is 11.4. The van der Waals surface area contributed by atoms with Gasteiger partial charge in [-0.3, -0.25) is 0 Å². The standard InChI is InChI=1S/C11H24OSSi/c1-8-13-10(9-11(2,3)4)12-14(5,6)7/h9H,8H2,1-7H3/b10-9-. The average Bonchev–Trinajstić information content (AvgIpc) is 1.78. The molecule has 0 heterocycles. The van der Waals surface area contributed by atoms with Crippen molar-refractivity contribution in [3.8, 4) is 0 Å². The lowest BCUT2D eigenvalue weighted by atomic mass is 9.97. The van der Waals surface area contributed by atoms with E-state index in [1.165, 1.54) is 0 Å². The molecular weight excluding hydrogens is 208 g/mol. The summed E-state index contributed by atoms with van der Waals surface area (Å²) in [6, 6.07) is 0. The highest BCUT2D eigenvalue weighted by Crippen LogP contribution is 2.27. The van der Waals surface area contributed by atoms with Crippen LogP contribution in [0.15, 0.2) is 11.2 Å². The van der Waals surface area contributed by atoms with E-state index >= 15 is 0 Å². The van der Waals surface area contributed by atoms with Crippen LogP contribution in [-0.4, -0.2) is 14.1 Å². The summed E-state index contributed by atoms with van der Waals surface area (Å²) in [6.45, 7) is 15.4. The van der Waals surface area contributed by atoms with Gasteiger partial charge < -0.3 is 4.43 Å². The zero-order valence-electron chi connectivity index (χ0n) is 10.6. The highest BCUT2D eigenvalue weighted by molar-refractivity contribution is 8.02. The Bertz CT molecular complexity index is 198.